The maximum absolute atomic E-state index is 5.96. The molecular weight excluding hydrogens is 473 g/mol. The first kappa shape index (κ1) is 24.5. The summed E-state index contributed by atoms with van der Waals surface area (Å²) in [5.41, 5.74) is 1.22. The molecule has 0 aromatic heterocycles. The van der Waals surface area contributed by atoms with Crippen LogP contribution in [0.1, 0.15) is 19.4 Å². The van der Waals surface area contributed by atoms with Gasteiger partial charge in [0, 0.05) is 64.9 Å². The van der Waals surface area contributed by atoms with Crippen LogP contribution in [-0.4, -0.2) is 80.6 Å². The van der Waals surface area contributed by atoms with Gasteiger partial charge in [-0.1, -0.05) is 37.6 Å². The molecule has 2 rings (SSSR count). The molecule has 1 aromatic carbocycles. The Morgan fingerprint density at radius 1 is 1.19 bits per heavy atom. The summed E-state index contributed by atoms with van der Waals surface area (Å²) in [5, 5.41) is 4.29. The van der Waals surface area contributed by atoms with E-state index >= 15 is 0 Å². The lowest BCUT2D eigenvalue weighted by Crippen LogP contribution is -2.48. The molecule has 5 nitrogen and oxygen atoms in total. The van der Waals surface area contributed by atoms with Crippen LogP contribution in [0.5, 0.6) is 0 Å². The van der Waals surface area contributed by atoms with E-state index in [-0.39, 0.29) is 24.0 Å². The van der Waals surface area contributed by atoms with Gasteiger partial charge < -0.3 is 20.0 Å². The summed E-state index contributed by atoms with van der Waals surface area (Å²) in [6.07, 6.45) is 0. The van der Waals surface area contributed by atoms with Gasteiger partial charge in [0.1, 0.15) is 0 Å². The average molecular weight is 508 g/mol. The quantitative estimate of drug-likeness (QED) is 0.349. The first-order valence-corrected chi connectivity index (χ1v) is 10.0. The van der Waals surface area contributed by atoms with Gasteiger partial charge in [0.05, 0.1) is 0 Å². The zero-order valence-corrected chi connectivity index (χ0v) is 20.2. The molecule has 1 heterocycles. The number of hydrogen-bond donors (Lipinski definition) is 1. The van der Waals surface area contributed by atoms with Gasteiger partial charge in [-0.25, -0.2) is 0 Å². The number of nitrogens with zero attached hydrogens (tertiary/aromatic N) is 4. The summed E-state index contributed by atoms with van der Waals surface area (Å²) >= 11 is 5.96. The topological polar surface area (TPSA) is 34.1 Å². The molecule has 1 aliphatic rings. The Kier molecular flexibility index (Phi) is 11.6. The van der Waals surface area contributed by atoms with Crippen molar-refractivity contribution in [3.05, 3.63) is 34.9 Å². The number of likely N-dealkylation sites (N-methyl/N-ethyl adjacent to an activating group) is 1. The molecule has 1 fully saturated rings. The number of halogens is 2. The predicted octanol–water partition coefficient (Wildman–Crippen LogP) is 3.24. The minimum Gasteiger partial charge on any atom is -0.356 e. The van der Waals surface area contributed by atoms with Gasteiger partial charge in [0.25, 0.3) is 0 Å². The standard InChI is InChI=1S/C20H34ClN5.HI/c1-5-25-10-12-26(13-11-25)15-17(2)14-23-20(22-3)24(4)16-18-6-8-19(21)9-7-18;/h6-9,17H,5,10-16H2,1-4H3,(H,22,23);1H. The van der Waals surface area contributed by atoms with Crippen molar-refractivity contribution in [3.8, 4) is 0 Å². The maximum atomic E-state index is 5.96. The lowest BCUT2D eigenvalue weighted by molar-refractivity contribution is 0.124. The van der Waals surface area contributed by atoms with Gasteiger partial charge in [-0.2, -0.15) is 0 Å². The zero-order chi connectivity index (χ0) is 18.9. The van der Waals surface area contributed by atoms with E-state index in [9.17, 15) is 0 Å². The largest absolute Gasteiger partial charge is 0.356 e. The molecule has 154 valence electrons. The molecule has 0 aliphatic carbocycles. The molecule has 1 unspecified atom stereocenters. The third-order valence-corrected chi connectivity index (χ3v) is 5.25. The van der Waals surface area contributed by atoms with Crippen molar-refractivity contribution >= 4 is 41.5 Å². The van der Waals surface area contributed by atoms with Crippen LogP contribution >= 0.6 is 35.6 Å². The molecule has 0 spiro atoms. The summed E-state index contributed by atoms with van der Waals surface area (Å²) in [6.45, 7) is 13.4. The average Bonchev–Trinajstić information content (AvgIpc) is 2.64. The molecule has 7 heteroatoms. The van der Waals surface area contributed by atoms with E-state index in [0.29, 0.717) is 5.92 Å². The van der Waals surface area contributed by atoms with Crippen LogP contribution in [0, 0.1) is 5.92 Å². The first-order chi connectivity index (χ1) is 12.5. The molecule has 0 bridgehead atoms. The van der Waals surface area contributed by atoms with E-state index in [1.807, 2.05) is 19.2 Å². The second-order valence-electron chi connectivity index (χ2n) is 7.25. The highest BCUT2D eigenvalue weighted by Gasteiger charge is 2.17. The number of guanidine groups is 1. The van der Waals surface area contributed by atoms with Crippen LogP contribution in [0.4, 0.5) is 0 Å². The Morgan fingerprint density at radius 3 is 2.33 bits per heavy atom. The third kappa shape index (κ3) is 8.54. The minimum atomic E-state index is 0. The van der Waals surface area contributed by atoms with E-state index in [1.54, 1.807) is 0 Å². The van der Waals surface area contributed by atoms with E-state index < -0.39 is 0 Å². The number of hydrogen-bond acceptors (Lipinski definition) is 3. The van der Waals surface area contributed by atoms with Crippen LogP contribution < -0.4 is 5.32 Å². The summed E-state index contributed by atoms with van der Waals surface area (Å²) in [7, 11) is 3.91. The molecule has 1 N–H and O–H groups in total. The number of aliphatic imine (C=N–C) groups is 1. The molecule has 0 saturated carbocycles. The Labute approximate surface area is 187 Å². The molecule has 27 heavy (non-hydrogen) atoms. The van der Waals surface area contributed by atoms with E-state index in [1.165, 1.54) is 38.3 Å². The molecular formula is C20H35ClIN5. The highest BCUT2D eigenvalue weighted by molar-refractivity contribution is 14.0. The second kappa shape index (κ2) is 12.8. The molecule has 1 aliphatic heterocycles. The summed E-state index contributed by atoms with van der Waals surface area (Å²) < 4.78 is 0. The summed E-state index contributed by atoms with van der Waals surface area (Å²) in [4.78, 5) is 11.7. The highest BCUT2D eigenvalue weighted by Crippen LogP contribution is 2.11. The normalized spacial score (nSPS) is 17.3. The van der Waals surface area contributed by atoms with Crippen molar-refractivity contribution in [2.75, 3.05) is 59.9 Å². The Hall–Kier alpha value is -0.570. The van der Waals surface area contributed by atoms with Gasteiger partial charge in [-0.15, -0.1) is 24.0 Å². The van der Waals surface area contributed by atoms with Crippen molar-refractivity contribution in [2.45, 2.75) is 20.4 Å². The van der Waals surface area contributed by atoms with Crippen LogP contribution in [-0.2, 0) is 6.54 Å². The lowest BCUT2D eigenvalue weighted by Gasteiger charge is -2.35. The molecule has 1 atom stereocenters. The number of benzene rings is 1. The Morgan fingerprint density at radius 2 is 1.78 bits per heavy atom. The molecule has 1 saturated heterocycles. The molecule has 0 amide bonds. The van der Waals surface area contributed by atoms with Gasteiger partial charge >= 0.3 is 0 Å². The van der Waals surface area contributed by atoms with Crippen molar-refractivity contribution in [3.63, 3.8) is 0 Å². The number of nitrogens with one attached hydrogen (secondary N) is 1. The fourth-order valence-corrected chi connectivity index (χ4v) is 3.51. The second-order valence-corrected chi connectivity index (χ2v) is 7.69. The Balaban J connectivity index is 0.00000364. The van der Waals surface area contributed by atoms with Crippen LogP contribution in [0.25, 0.3) is 0 Å². The first-order valence-electron chi connectivity index (χ1n) is 9.62. The van der Waals surface area contributed by atoms with E-state index in [2.05, 4.69) is 58.0 Å². The van der Waals surface area contributed by atoms with E-state index in [4.69, 9.17) is 11.6 Å². The lowest BCUT2D eigenvalue weighted by atomic mass is 10.1. The summed E-state index contributed by atoms with van der Waals surface area (Å²) in [6, 6.07) is 7.98. The SMILES string of the molecule is CCN1CCN(CC(C)CNC(=NC)N(C)Cc2ccc(Cl)cc2)CC1.I. The number of rotatable bonds is 7. The fourth-order valence-electron chi connectivity index (χ4n) is 3.38. The monoisotopic (exact) mass is 507 g/mol. The van der Waals surface area contributed by atoms with Gasteiger partial charge in [-0.05, 0) is 30.2 Å². The van der Waals surface area contributed by atoms with Gasteiger partial charge in [0.2, 0.25) is 0 Å². The van der Waals surface area contributed by atoms with Crippen molar-refractivity contribution in [1.82, 2.24) is 20.0 Å². The molecule has 0 radical (unpaired) electrons. The third-order valence-electron chi connectivity index (χ3n) is 5.00. The smallest absolute Gasteiger partial charge is 0.193 e. The highest BCUT2D eigenvalue weighted by atomic mass is 127. The van der Waals surface area contributed by atoms with Gasteiger partial charge in [-0.3, -0.25) is 4.99 Å². The maximum Gasteiger partial charge on any atom is 0.193 e. The predicted molar refractivity (Wildman–Crippen MR) is 127 cm³/mol. The van der Waals surface area contributed by atoms with Crippen LogP contribution in [0.2, 0.25) is 5.02 Å². The van der Waals surface area contributed by atoms with Gasteiger partial charge in [0.15, 0.2) is 5.96 Å². The summed E-state index contributed by atoms with van der Waals surface area (Å²) in [5.74, 6) is 1.52. The van der Waals surface area contributed by atoms with E-state index in [0.717, 1.165) is 30.6 Å². The van der Waals surface area contributed by atoms with Crippen LogP contribution in [0.15, 0.2) is 29.3 Å². The van der Waals surface area contributed by atoms with Crippen molar-refractivity contribution in [2.24, 2.45) is 10.9 Å². The Bertz CT molecular complexity index is 558. The van der Waals surface area contributed by atoms with Crippen molar-refractivity contribution in [1.29, 1.82) is 0 Å². The van der Waals surface area contributed by atoms with Crippen molar-refractivity contribution < 1.29 is 0 Å². The zero-order valence-electron chi connectivity index (χ0n) is 17.1. The number of piperazine rings is 1. The minimum absolute atomic E-state index is 0. The van der Waals surface area contributed by atoms with Crippen LogP contribution in [0.3, 0.4) is 0 Å². The molecule has 1 aromatic rings. The fraction of sp³-hybridized carbons (Fsp3) is 0.650.